The number of benzene rings is 1. The molecule has 1 atom stereocenters. The van der Waals surface area contributed by atoms with E-state index in [1.807, 2.05) is 6.92 Å². The zero-order valence-corrected chi connectivity index (χ0v) is 14.8. The van der Waals surface area contributed by atoms with Crippen molar-refractivity contribution in [1.29, 1.82) is 0 Å². The Kier molecular flexibility index (Phi) is 7.14. The van der Waals surface area contributed by atoms with Crippen molar-refractivity contribution in [2.24, 2.45) is 11.7 Å². The van der Waals surface area contributed by atoms with Crippen LogP contribution >= 0.6 is 47.4 Å². The molecular weight excluding hydrogens is 351 g/mol. The second-order valence-corrected chi connectivity index (χ2v) is 7.17. The molecule has 0 bridgehead atoms. The Morgan fingerprint density at radius 3 is 2.71 bits per heavy atom. The zero-order chi connectivity index (χ0) is 14.8. The molecule has 0 aromatic heterocycles. The Hall–Kier alpha value is -0.130. The molecule has 0 aliphatic heterocycles. The molecule has 1 amide bonds. The molecule has 1 aliphatic carbocycles. The minimum Gasteiger partial charge on any atom is -0.349 e. The number of hydrogen-bond acceptors (Lipinski definition) is 3. The number of thioether (sulfide) groups is 1. The molecule has 0 radical (unpaired) electrons. The van der Waals surface area contributed by atoms with Crippen molar-refractivity contribution in [2.75, 3.05) is 12.3 Å². The van der Waals surface area contributed by atoms with Crippen LogP contribution in [0.25, 0.3) is 0 Å². The Bertz CT molecular complexity index is 511. The summed E-state index contributed by atoms with van der Waals surface area (Å²) in [6.45, 7) is 2.48. The van der Waals surface area contributed by atoms with E-state index in [2.05, 4.69) is 5.32 Å². The van der Waals surface area contributed by atoms with Gasteiger partial charge in [0.1, 0.15) is 0 Å². The summed E-state index contributed by atoms with van der Waals surface area (Å²) in [5.74, 6) is 0.796. The predicted octanol–water partition coefficient (Wildman–Crippen LogP) is 3.75. The van der Waals surface area contributed by atoms with Gasteiger partial charge in [0.05, 0.1) is 16.3 Å². The molecule has 7 heteroatoms. The van der Waals surface area contributed by atoms with Crippen molar-refractivity contribution in [3.05, 3.63) is 28.2 Å². The molecule has 1 aromatic carbocycles. The highest BCUT2D eigenvalue weighted by atomic mass is 35.5. The van der Waals surface area contributed by atoms with E-state index < -0.39 is 0 Å². The van der Waals surface area contributed by atoms with Gasteiger partial charge in [-0.2, -0.15) is 0 Å². The van der Waals surface area contributed by atoms with Gasteiger partial charge in [0.2, 0.25) is 5.91 Å². The largest absolute Gasteiger partial charge is 0.349 e. The van der Waals surface area contributed by atoms with Crippen molar-refractivity contribution in [3.63, 3.8) is 0 Å². The van der Waals surface area contributed by atoms with E-state index in [0.717, 1.165) is 17.7 Å². The van der Waals surface area contributed by atoms with Crippen molar-refractivity contribution in [3.8, 4) is 0 Å². The summed E-state index contributed by atoms with van der Waals surface area (Å²) in [4.78, 5) is 12.9. The molecule has 1 fully saturated rings. The van der Waals surface area contributed by atoms with Gasteiger partial charge in [-0.3, -0.25) is 4.79 Å². The minimum absolute atomic E-state index is 0. The third kappa shape index (κ3) is 5.22. The second-order valence-electron chi connectivity index (χ2n) is 5.31. The molecule has 3 N–H and O–H groups in total. The van der Waals surface area contributed by atoms with Crippen LogP contribution in [-0.4, -0.2) is 23.7 Å². The zero-order valence-electron chi connectivity index (χ0n) is 11.7. The molecule has 1 aromatic rings. The molecule has 1 unspecified atom stereocenters. The smallest absolute Gasteiger partial charge is 0.230 e. The molecular formula is C14H19Cl3N2OS. The van der Waals surface area contributed by atoms with E-state index in [1.54, 1.807) is 18.2 Å². The number of carbonyl (C=O) groups excluding carboxylic acids is 1. The average Bonchev–Trinajstić information content (AvgIpc) is 3.24. The molecule has 0 spiro atoms. The summed E-state index contributed by atoms with van der Waals surface area (Å²) >= 11 is 13.4. The summed E-state index contributed by atoms with van der Waals surface area (Å²) in [5, 5.41) is 4.27. The summed E-state index contributed by atoms with van der Waals surface area (Å²) in [5.41, 5.74) is 5.51. The van der Waals surface area contributed by atoms with E-state index in [9.17, 15) is 4.79 Å². The fourth-order valence-electron chi connectivity index (χ4n) is 2.13. The first-order valence-electron chi connectivity index (χ1n) is 6.53. The molecule has 118 valence electrons. The van der Waals surface area contributed by atoms with Crippen LogP contribution in [0.15, 0.2) is 23.1 Å². The fraction of sp³-hybridized carbons (Fsp3) is 0.500. The second kappa shape index (κ2) is 7.93. The Morgan fingerprint density at radius 2 is 2.14 bits per heavy atom. The first-order chi connectivity index (χ1) is 9.44. The summed E-state index contributed by atoms with van der Waals surface area (Å²) in [6.07, 6.45) is 2.28. The Balaban J connectivity index is 0.00000220. The maximum atomic E-state index is 12.1. The van der Waals surface area contributed by atoms with Gasteiger partial charge in [0.15, 0.2) is 0 Å². The minimum atomic E-state index is -0.282. The first kappa shape index (κ1) is 18.9. The van der Waals surface area contributed by atoms with Gasteiger partial charge in [-0.1, -0.05) is 23.2 Å². The lowest BCUT2D eigenvalue weighted by atomic mass is 9.96. The SMILES string of the molecule is CC(CN)(NC(=O)CSc1cc(Cl)ccc1Cl)C1CC1.Cl. The van der Waals surface area contributed by atoms with Crippen LogP contribution in [0.3, 0.4) is 0 Å². The molecule has 2 rings (SSSR count). The predicted molar refractivity (Wildman–Crippen MR) is 92.8 cm³/mol. The van der Waals surface area contributed by atoms with E-state index in [1.165, 1.54) is 11.8 Å². The standard InChI is InChI=1S/C14H18Cl2N2OS.ClH/c1-14(8-17,9-2-3-9)18-13(19)7-20-12-6-10(15)4-5-11(12)16;/h4-6,9H,2-3,7-8,17H2,1H3,(H,18,19);1H. The number of hydrogen-bond donors (Lipinski definition) is 2. The molecule has 3 nitrogen and oxygen atoms in total. The highest BCUT2D eigenvalue weighted by Crippen LogP contribution is 2.39. The Labute approximate surface area is 145 Å². The van der Waals surface area contributed by atoms with Crippen molar-refractivity contribution in [1.82, 2.24) is 5.32 Å². The van der Waals surface area contributed by atoms with Crippen LogP contribution in [0.2, 0.25) is 10.0 Å². The molecule has 1 saturated carbocycles. The maximum absolute atomic E-state index is 12.1. The number of nitrogens with two attached hydrogens (primary N) is 1. The third-order valence-corrected chi connectivity index (χ3v) is 5.31. The van der Waals surface area contributed by atoms with Crippen LogP contribution in [0.4, 0.5) is 0 Å². The van der Waals surface area contributed by atoms with E-state index >= 15 is 0 Å². The number of amides is 1. The summed E-state index contributed by atoms with van der Waals surface area (Å²) in [6, 6.07) is 5.23. The lowest BCUT2D eigenvalue weighted by Gasteiger charge is -2.29. The van der Waals surface area contributed by atoms with Gasteiger partial charge in [-0.15, -0.1) is 24.2 Å². The number of rotatable bonds is 6. The van der Waals surface area contributed by atoms with Gasteiger partial charge in [0, 0.05) is 16.5 Å². The van der Waals surface area contributed by atoms with Crippen molar-refractivity contribution < 1.29 is 4.79 Å². The molecule has 21 heavy (non-hydrogen) atoms. The normalized spacial score (nSPS) is 16.8. The summed E-state index contributed by atoms with van der Waals surface area (Å²) in [7, 11) is 0. The average molecular weight is 370 g/mol. The van der Waals surface area contributed by atoms with E-state index in [-0.39, 0.29) is 23.9 Å². The van der Waals surface area contributed by atoms with E-state index in [4.69, 9.17) is 28.9 Å². The van der Waals surface area contributed by atoms with Crippen LogP contribution in [0, 0.1) is 5.92 Å². The number of halogens is 3. The number of carbonyl (C=O) groups is 1. The lowest BCUT2D eigenvalue weighted by Crippen LogP contribution is -2.53. The van der Waals surface area contributed by atoms with Crippen molar-refractivity contribution in [2.45, 2.75) is 30.2 Å². The van der Waals surface area contributed by atoms with Crippen LogP contribution in [-0.2, 0) is 4.79 Å². The van der Waals surface area contributed by atoms with Gasteiger partial charge in [0.25, 0.3) is 0 Å². The molecule has 1 aliphatic rings. The molecule has 0 saturated heterocycles. The van der Waals surface area contributed by atoms with Crippen LogP contribution in [0.1, 0.15) is 19.8 Å². The van der Waals surface area contributed by atoms with Crippen molar-refractivity contribution >= 4 is 53.3 Å². The van der Waals surface area contributed by atoms with E-state index in [0.29, 0.717) is 28.3 Å². The maximum Gasteiger partial charge on any atom is 0.230 e. The lowest BCUT2D eigenvalue weighted by molar-refractivity contribution is -0.120. The first-order valence-corrected chi connectivity index (χ1v) is 8.27. The topological polar surface area (TPSA) is 55.1 Å². The van der Waals surface area contributed by atoms with Crippen LogP contribution in [0.5, 0.6) is 0 Å². The quantitative estimate of drug-likeness (QED) is 0.751. The Morgan fingerprint density at radius 1 is 1.48 bits per heavy atom. The highest BCUT2D eigenvalue weighted by molar-refractivity contribution is 8.00. The molecule has 0 heterocycles. The van der Waals surface area contributed by atoms with Gasteiger partial charge in [-0.25, -0.2) is 0 Å². The van der Waals surface area contributed by atoms with Crippen LogP contribution < -0.4 is 11.1 Å². The van der Waals surface area contributed by atoms with Gasteiger partial charge < -0.3 is 11.1 Å². The highest BCUT2D eigenvalue weighted by Gasteiger charge is 2.41. The number of nitrogens with one attached hydrogen (secondary N) is 1. The summed E-state index contributed by atoms with van der Waals surface area (Å²) < 4.78 is 0. The van der Waals surface area contributed by atoms with Gasteiger partial charge in [-0.05, 0) is 43.9 Å². The fourth-order valence-corrected chi connectivity index (χ4v) is 3.42. The van der Waals surface area contributed by atoms with Gasteiger partial charge >= 0.3 is 0 Å². The third-order valence-electron chi connectivity index (χ3n) is 3.58. The monoisotopic (exact) mass is 368 g/mol.